The Bertz CT molecular complexity index is 252. The molecule has 0 aromatic heterocycles. The molecule has 0 bridgehead atoms. The average molecular weight is 207 g/mol. The molecule has 5 heteroatoms. The molecular weight excluding hydrogens is 193 g/mol. The largest absolute Gasteiger partial charge is 1.00 e. The van der Waals surface area contributed by atoms with Gasteiger partial charge in [-0.2, -0.15) is 0 Å². The van der Waals surface area contributed by atoms with Crippen molar-refractivity contribution in [2.75, 3.05) is 0 Å². The van der Waals surface area contributed by atoms with Crippen molar-refractivity contribution in [3.05, 3.63) is 0 Å². The van der Waals surface area contributed by atoms with E-state index in [4.69, 9.17) is 0 Å². The fourth-order valence-electron chi connectivity index (χ4n) is 1.84. The summed E-state index contributed by atoms with van der Waals surface area (Å²) in [6.45, 7) is 5.23. The number of nitrogens with zero attached hydrogens (tertiary/aromatic N) is 1. The summed E-state index contributed by atoms with van der Waals surface area (Å²) in [6.07, 6.45) is 1.15. The fraction of sp³-hybridized carbons (Fsp3) is 0.778. The van der Waals surface area contributed by atoms with Crippen LogP contribution in [0.3, 0.4) is 0 Å². The molecule has 0 saturated carbocycles. The number of likely N-dealkylation sites (tertiary alicyclic amines) is 1. The normalized spacial score (nSPS) is 21.6. The van der Waals surface area contributed by atoms with Gasteiger partial charge in [0.2, 0.25) is 5.91 Å². The first-order valence-corrected chi connectivity index (χ1v) is 4.39. The van der Waals surface area contributed by atoms with Crippen LogP contribution in [0.2, 0.25) is 0 Å². The minimum Gasteiger partial charge on any atom is -0.548 e. The third-order valence-electron chi connectivity index (χ3n) is 2.60. The number of carboxylic acid groups (broad SMARTS) is 1. The fourth-order valence-corrected chi connectivity index (χ4v) is 1.84. The van der Waals surface area contributed by atoms with Crippen molar-refractivity contribution in [3.63, 3.8) is 0 Å². The van der Waals surface area contributed by atoms with Crippen molar-refractivity contribution >= 4 is 11.9 Å². The molecule has 14 heavy (non-hydrogen) atoms. The second-order valence-corrected chi connectivity index (χ2v) is 4.07. The van der Waals surface area contributed by atoms with Gasteiger partial charge in [0.05, 0.1) is 12.0 Å². The molecule has 0 aliphatic carbocycles. The monoisotopic (exact) mass is 207 g/mol. The summed E-state index contributed by atoms with van der Waals surface area (Å²) in [5.74, 6) is -1.29. The van der Waals surface area contributed by atoms with E-state index in [1.807, 2.05) is 13.8 Å². The van der Waals surface area contributed by atoms with Crippen LogP contribution in [0, 0.1) is 0 Å². The Balaban J connectivity index is 0.00000169. The van der Waals surface area contributed by atoms with Crippen molar-refractivity contribution in [2.45, 2.75) is 45.2 Å². The van der Waals surface area contributed by atoms with Crippen LogP contribution in [0.25, 0.3) is 0 Å². The maximum absolute atomic E-state index is 11.4. The Morgan fingerprint density at radius 2 is 2.07 bits per heavy atom. The van der Waals surface area contributed by atoms with Gasteiger partial charge in [-0.25, -0.2) is 0 Å². The molecule has 1 aliphatic heterocycles. The number of hydrogen-bond acceptors (Lipinski definition) is 3. The third kappa shape index (κ3) is 2.49. The van der Waals surface area contributed by atoms with Crippen LogP contribution in [0.15, 0.2) is 0 Å². The van der Waals surface area contributed by atoms with Crippen molar-refractivity contribution in [2.24, 2.45) is 0 Å². The summed E-state index contributed by atoms with van der Waals surface area (Å²) in [7, 11) is 0. The molecule has 1 aliphatic rings. The van der Waals surface area contributed by atoms with Crippen LogP contribution in [0.5, 0.6) is 0 Å². The van der Waals surface area contributed by atoms with Crippen molar-refractivity contribution in [3.8, 4) is 0 Å². The second kappa shape index (κ2) is 4.64. The van der Waals surface area contributed by atoms with Crippen LogP contribution >= 0.6 is 0 Å². The molecule has 1 rings (SSSR count). The van der Waals surface area contributed by atoms with E-state index in [1.54, 1.807) is 0 Å². The zero-order chi connectivity index (χ0) is 10.2. The van der Waals surface area contributed by atoms with E-state index in [0.29, 0.717) is 12.8 Å². The van der Waals surface area contributed by atoms with Crippen LogP contribution in [-0.4, -0.2) is 28.4 Å². The second-order valence-electron chi connectivity index (χ2n) is 4.07. The Morgan fingerprint density at radius 3 is 2.36 bits per heavy atom. The zero-order valence-electron chi connectivity index (χ0n) is 9.16. The molecule has 0 N–H and O–H groups in total. The van der Waals surface area contributed by atoms with E-state index in [-0.39, 0.29) is 41.0 Å². The maximum Gasteiger partial charge on any atom is 1.00 e. The molecule has 0 spiro atoms. The van der Waals surface area contributed by atoms with Crippen molar-refractivity contribution in [1.82, 2.24) is 4.90 Å². The standard InChI is InChI=1S/C9H15NO3.Na/c1-6(8(12)13)10-7(11)4-5-9(10,2)3;/h6H,4-5H2,1-3H3,(H,12,13);/q;+1/p-1. The van der Waals surface area contributed by atoms with Crippen molar-refractivity contribution in [1.29, 1.82) is 0 Å². The summed E-state index contributed by atoms with van der Waals surface area (Å²) in [5.41, 5.74) is -0.351. The van der Waals surface area contributed by atoms with Gasteiger partial charge in [0.15, 0.2) is 0 Å². The minimum absolute atomic E-state index is 0. The summed E-state index contributed by atoms with van der Waals surface area (Å²) >= 11 is 0. The average Bonchev–Trinajstić information content (AvgIpc) is 2.25. The topological polar surface area (TPSA) is 60.4 Å². The zero-order valence-corrected chi connectivity index (χ0v) is 11.2. The molecule has 0 radical (unpaired) electrons. The van der Waals surface area contributed by atoms with Gasteiger partial charge >= 0.3 is 29.6 Å². The minimum atomic E-state index is -1.19. The number of carbonyl (C=O) groups excluding carboxylic acids is 2. The Hall–Kier alpha value is -0.0600. The van der Waals surface area contributed by atoms with E-state index >= 15 is 0 Å². The molecule has 1 fully saturated rings. The first kappa shape index (κ1) is 13.9. The first-order valence-electron chi connectivity index (χ1n) is 4.39. The van der Waals surface area contributed by atoms with Gasteiger partial charge in [0.25, 0.3) is 0 Å². The predicted molar refractivity (Wildman–Crippen MR) is 44.6 cm³/mol. The maximum atomic E-state index is 11.4. The molecule has 1 saturated heterocycles. The van der Waals surface area contributed by atoms with Crippen LogP contribution < -0.4 is 34.7 Å². The molecule has 4 nitrogen and oxygen atoms in total. The van der Waals surface area contributed by atoms with Crippen LogP contribution in [0.4, 0.5) is 0 Å². The summed E-state index contributed by atoms with van der Waals surface area (Å²) in [6, 6.07) is -0.829. The van der Waals surface area contributed by atoms with E-state index in [2.05, 4.69) is 0 Å². The van der Waals surface area contributed by atoms with Gasteiger partial charge in [-0.05, 0) is 27.2 Å². The molecule has 1 unspecified atom stereocenters. The SMILES string of the molecule is CC(C(=O)[O-])N1C(=O)CCC1(C)C.[Na+]. The van der Waals surface area contributed by atoms with Gasteiger partial charge in [0, 0.05) is 12.0 Å². The number of rotatable bonds is 2. The number of carbonyl (C=O) groups is 2. The van der Waals surface area contributed by atoms with Crippen LogP contribution in [0.1, 0.15) is 33.6 Å². The van der Waals surface area contributed by atoms with E-state index in [9.17, 15) is 14.7 Å². The molecule has 1 heterocycles. The van der Waals surface area contributed by atoms with Gasteiger partial charge in [-0.15, -0.1) is 0 Å². The molecular formula is C9H14NNaO3. The third-order valence-corrected chi connectivity index (χ3v) is 2.60. The van der Waals surface area contributed by atoms with E-state index in [0.717, 1.165) is 0 Å². The van der Waals surface area contributed by atoms with E-state index < -0.39 is 12.0 Å². The number of amides is 1. The van der Waals surface area contributed by atoms with Gasteiger partial charge in [-0.1, -0.05) is 0 Å². The summed E-state index contributed by atoms with van der Waals surface area (Å²) in [5, 5.41) is 10.6. The van der Waals surface area contributed by atoms with Crippen molar-refractivity contribution < 1.29 is 44.3 Å². The number of hydrogen-bond donors (Lipinski definition) is 0. The van der Waals surface area contributed by atoms with Gasteiger partial charge in [-0.3, -0.25) is 4.79 Å². The Morgan fingerprint density at radius 1 is 1.57 bits per heavy atom. The number of aliphatic carboxylic acids is 1. The quantitative estimate of drug-likeness (QED) is 0.442. The molecule has 0 aromatic rings. The molecule has 1 amide bonds. The molecule has 0 aromatic carbocycles. The van der Waals surface area contributed by atoms with Gasteiger partial charge < -0.3 is 14.8 Å². The smallest absolute Gasteiger partial charge is 0.548 e. The predicted octanol–water partition coefficient (Wildman–Crippen LogP) is -3.47. The Labute approximate surface area is 106 Å². The molecule has 1 atom stereocenters. The molecule has 74 valence electrons. The number of carboxylic acids is 1. The Kier molecular flexibility index (Phi) is 4.62. The van der Waals surface area contributed by atoms with E-state index in [1.165, 1.54) is 11.8 Å². The van der Waals surface area contributed by atoms with Crippen LogP contribution in [-0.2, 0) is 9.59 Å². The summed E-state index contributed by atoms with van der Waals surface area (Å²) in [4.78, 5) is 23.4. The summed E-state index contributed by atoms with van der Waals surface area (Å²) < 4.78 is 0. The van der Waals surface area contributed by atoms with Gasteiger partial charge in [0.1, 0.15) is 0 Å². The first-order chi connectivity index (χ1) is 5.86.